The van der Waals surface area contributed by atoms with E-state index in [0.29, 0.717) is 4.47 Å². The van der Waals surface area contributed by atoms with Crippen LogP contribution in [0.3, 0.4) is 0 Å². The first-order chi connectivity index (χ1) is 8.72. The molecular formula is C11H12BrFN2O4. The summed E-state index contributed by atoms with van der Waals surface area (Å²) in [6.45, 7) is 0.527. The molecule has 0 aliphatic carbocycles. The van der Waals surface area contributed by atoms with E-state index in [9.17, 15) is 19.1 Å². The molecule has 0 spiro atoms. The minimum atomic E-state index is -2.09. The van der Waals surface area contributed by atoms with Gasteiger partial charge in [0.2, 0.25) is 0 Å². The lowest BCUT2D eigenvalue weighted by atomic mass is 10.1. The van der Waals surface area contributed by atoms with Crippen LogP contribution in [0, 0.1) is 5.82 Å². The molecule has 0 aromatic heterocycles. The van der Waals surface area contributed by atoms with Crippen molar-refractivity contribution in [3.05, 3.63) is 28.5 Å². The van der Waals surface area contributed by atoms with Crippen molar-refractivity contribution in [3.8, 4) is 0 Å². The molecule has 2 amide bonds. The second kappa shape index (κ2) is 5.98. The van der Waals surface area contributed by atoms with Crippen molar-refractivity contribution in [3.63, 3.8) is 0 Å². The molecule has 1 unspecified atom stereocenters. The Morgan fingerprint density at radius 3 is 2.68 bits per heavy atom. The molecule has 0 saturated heterocycles. The summed E-state index contributed by atoms with van der Waals surface area (Å²) in [5.41, 5.74) is -2.16. The fourth-order valence-corrected chi connectivity index (χ4v) is 1.45. The van der Waals surface area contributed by atoms with Gasteiger partial charge in [0.15, 0.2) is 5.60 Å². The third-order valence-electron chi connectivity index (χ3n) is 2.23. The lowest BCUT2D eigenvalue weighted by Gasteiger charge is -2.18. The molecule has 1 aromatic carbocycles. The maximum atomic E-state index is 13.3. The molecule has 8 heteroatoms. The van der Waals surface area contributed by atoms with E-state index in [1.807, 2.05) is 0 Å². The minimum absolute atomic E-state index is 0.0677. The molecule has 0 heterocycles. The lowest BCUT2D eigenvalue weighted by Crippen LogP contribution is -2.47. The number of hydrogen-bond acceptors (Lipinski definition) is 3. The largest absolute Gasteiger partial charge is 0.479 e. The maximum absolute atomic E-state index is 13.3. The summed E-state index contributed by atoms with van der Waals surface area (Å²) >= 11 is 3.12. The Hall–Kier alpha value is -1.67. The smallest absolute Gasteiger partial charge is 0.337 e. The van der Waals surface area contributed by atoms with E-state index in [4.69, 9.17) is 5.11 Å². The molecule has 4 N–H and O–H groups in total. The van der Waals surface area contributed by atoms with Crippen LogP contribution in [-0.2, 0) is 4.79 Å². The zero-order valence-electron chi connectivity index (χ0n) is 9.91. The van der Waals surface area contributed by atoms with Crippen molar-refractivity contribution in [1.29, 1.82) is 0 Å². The second-order valence-electron chi connectivity index (χ2n) is 4.01. The van der Waals surface area contributed by atoms with Gasteiger partial charge >= 0.3 is 12.0 Å². The Kier molecular flexibility index (Phi) is 4.84. The van der Waals surface area contributed by atoms with Gasteiger partial charge in [-0.2, -0.15) is 0 Å². The van der Waals surface area contributed by atoms with Gasteiger partial charge < -0.3 is 20.8 Å². The van der Waals surface area contributed by atoms with Gasteiger partial charge in [-0.05, 0) is 25.1 Å². The van der Waals surface area contributed by atoms with Crippen molar-refractivity contribution in [2.24, 2.45) is 0 Å². The third kappa shape index (κ3) is 4.49. The summed E-state index contributed by atoms with van der Waals surface area (Å²) in [5.74, 6) is -2.11. The summed E-state index contributed by atoms with van der Waals surface area (Å²) in [6, 6.07) is 3.16. The number of hydrogen-bond donors (Lipinski definition) is 4. The average molecular weight is 335 g/mol. The second-order valence-corrected chi connectivity index (χ2v) is 4.93. The number of amides is 2. The van der Waals surface area contributed by atoms with Crippen molar-refractivity contribution < 1.29 is 24.2 Å². The van der Waals surface area contributed by atoms with E-state index in [0.717, 1.165) is 13.0 Å². The molecule has 1 atom stereocenters. The molecule has 0 fully saturated rings. The number of rotatable bonds is 4. The molecule has 1 rings (SSSR count). The maximum Gasteiger partial charge on any atom is 0.337 e. The first kappa shape index (κ1) is 15.4. The lowest BCUT2D eigenvalue weighted by molar-refractivity contribution is -0.155. The van der Waals surface area contributed by atoms with Gasteiger partial charge in [-0.3, -0.25) is 0 Å². The molecule has 0 aliphatic rings. The fourth-order valence-electron chi connectivity index (χ4n) is 1.09. The molecule has 104 valence electrons. The molecule has 0 bridgehead atoms. The van der Waals surface area contributed by atoms with Gasteiger partial charge in [-0.15, -0.1) is 0 Å². The van der Waals surface area contributed by atoms with E-state index in [1.54, 1.807) is 0 Å². The predicted octanol–water partition coefficient (Wildman–Crippen LogP) is 1.55. The molecule has 19 heavy (non-hydrogen) atoms. The topological polar surface area (TPSA) is 98.7 Å². The zero-order chi connectivity index (χ0) is 14.6. The SMILES string of the molecule is CC(O)(CNC(=O)Nc1cc(Br)ccc1F)C(=O)O. The average Bonchev–Trinajstić information content (AvgIpc) is 2.31. The molecule has 0 saturated carbocycles. The van der Waals surface area contributed by atoms with Gasteiger partial charge in [0, 0.05) is 4.47 Å². The number of urea groups is 1. The highest BCUT2D eigenvalue weighted by atomic mass is 79.9. The number of anilines is 1. The van der Waals surface area contributed by atoms with Crippen LogP contribution in [-0.4, -0.2) is 34.4 Å². The van der Waals surface area contributed by atoms with E-state index in [-0.39, 0.29) is 5.69 Å². The summed E-state index contributed by atoms with van der Waals surface area (Å²) < 4.78 is 13.9. The summed E-state index contributed by atoms with van der Waals surface area (Å²) in [6.07, 6.45) is 0. The minimum Gasteiger partial charge on any atom is -0.479 e. The number of carbonyl (C=O) groups excluding carboxylic acids is 1. The van der Waals surface area contributed by atoms with Gasteiger partial charge in [0.05, 0.1) is 12.2 Å². The van der Waals surface area contributed by atoms with Crippen LogP contribution >= 0.6 is 15.9 Å². The zero-order valence-corrected chi connectivity index (χ0v) is 11.5. The highest BCUT2D eigenvalue weighted by Gasteiger charge is 2.30. The van der Waals surface area contributed by atoms with E-state index >= 15 is 0 Å². The number of carboxylic acids is 1. The van der Waals surface area contributed by atoms with Crippen LogP contribution in [0.4, 0.5) is 14.9 Å². The quantitative estimate of drug-likeness (QED) is 0.671. The van der Waals surface area contributed by atoms with Gasteiger partial charge in [0.1, 0.15) is 5.82 Å². The number of carbonyl (C=O) groups is 2. The standard InChI is InChI=1S/C11H12BrFN2O4/c1-11(19,9(16)17)5-14-10(18)15-8-4-6(12)2-3-7(8)13/h2-4,19H,5H2,1H3,(H,16,17)(H2,14,15,18). The van der Waals surface area contributed by atoms with Crippen LogP contribution < -0.4 is 10.6 Å². The van der Waals surface area contributed by atoms with Crippen LogP contribution in [0.15, 0.2) is 22.7 Å². The molecular weight excluding hydrogens is 323 g/mol. The van der Waals surface area contributed by atoms with Crippen molar-refractivity contribution in [2.75, 3.05) is 11.9 Å². The van der Waals surface area contributed by atoms with Crippen molar-refractivity contribution in [1.82, 2.24) is 5.32 Å². The number of benzene rings is 1. The predicted molar refractivity (Wildman–Crippen MR) is 69.4 cm³/mol. The highest BCUT2D eigenvalue weighted by molar-refractivity contribution is 9.10. The van der Waals surface area contributed by atoms with Gasteiger partial charge in [0.25, 0.3) is 0 Å². The van der Waals surface area contributed by atoms with Crippen molar-refractivity contribution >= 4 is 33.6 Å². The summed E-state index contributed by atoms with van der Waals surface area (Å²) in [7, 11) is 0. The third-order valence-corrected chi connectivity index (χ3v) is 2.72. The number of carboxylic acid groups (broad SMARTS) is 1. The van der Waals surface area contributed by atoms with E-state index in [1.165, 1.54) is 12.1 Å². The number of aliphatic hydroxyl groups is 1. The van der Waals surface area contributed by atoms with Crippen LogP contribution in [0.1, 0.15) is 6.92 Å². The summed E-state index contributed by atoms with van der Waals surface area (Å²) in [5, 5.41) is 22.4. The van der Waals surface area contributed by atoms with Crippen LogP contribution in [0.5, 0.6) is 0 Å². The summed E-state index contributed by atoms with van der Waals surface area (Å²) in [4.78, 5) is 22.0. The Morgan fingerprint density at radius 1 is 1.47 bits per heavy atom. The number of nitrogens with one attached hydrogen (secondary N) is 2. The Morgan fingerprint density at radius 2 is 2.11 bits per heavy atom. The fraction of sp³-hybridized carbons (Fsp3) is 0.273. The molecule has 6 nitrogen and oxygen atoms in total. The normalized spacial score (nSPS) is 13.5. The van der Waals surface area contributed by atoms with Gasteiger partial charge in [-0.1, -0.05) is 15.9 Å². The van der Waals surface area contributed by atoms with Crippen molar-refractivity contribution in [2.45, 2.75) is 12.5 Å². The Labute approximate surface area is 116 Å². The van der Waals surface area contributed by atoms with E-state index in [2.05, 4.69) is 26.6 Å². The van der Waals surface area contributed by atoms with Gasteiger partial charge in [-0.25, -0.2) is 14.0 Å². The van der Waals surface area contributed by atoms with Crippen LogP contribution in [0.25, 0.3) is 0 Å². The van der Waals surface area contributed by atoms with Crippen LogP contribution in [0.2, 0.25) is 0 Å². The monoisotopic (exact) mass is 334 g/mol. The Bertz CT molecular complexity index is 507. The first-order valence-electron chi connectivity index (χ1n) is 5.18. The number of aliphatic carboxylic acids is 1. The molecule has 0 radical (unpaired) electrons. The van der Waals surface area contributed by atoms with E-state index < -0.39 is 30.0 Å². The molecule has 0 aliphatic heterocycles. The number of halogens is 2. The highest BCUT2D eigenvalue weighted by Crippen LogP contribution is 2.19. The first-order valence-corrected chi connectivity index (χ1v) is 5.97. The molecule has 1 aromatic rings. The Balaban J connectivity index is 2.61.